The Morgan fingerprint density at radius 3 is 2.38 bits per heavy atom. The number of rotatable bonds is 6. The Kier molecular flexibility index (Phi) is 7.31. The van der Waals surface area contributed by atoms with Crippen molar-refractivity contribution >= 4 is 64.8 Å². The van der Waals surface area contributed by atoms with Crippen molar-refractivity contribution in [2.75, 3.05) is 0 Å². The van der Waals surface area contributed by atoms with Gasteiger partial charge in [0.25, 0.3) is 5.91 Å². The maximum absolute atomic E-state index is 13.1. The predicted octanol–water partition coefficient (Wildman–Crippen LogP) is -4.38. The van der Waals surface area contributed by atoms with Crippen LogP contribution in [0.1, 0.15) is 39.9 Å². The van der Waals surface area contributed by atoms with Gasteiger partial charge in [-0.2, -0.15) is 0 Å². The molecule has 3 atom stereocenters. The molecule has 14 heteroatoms. The smallest absolute Gasteiger partial charge is 0.255 e. The fourth-order valence-electron chi connectivity index (χ4n) is 5.94. The quantitative estimate of drug-likeness (QED) is 0.306. The third-order valence-corrected chi connectivity index (χ3v) is 9.00. The zero-order chi connectivity index (χ0) is 28.1. The van der Waals surface area contributed by atoms with Crippen LogP contribution in [0, 0.1) is 0 Å². The Bertz CT molecular complexity index is 1310. The summed E-state index contributed by atoms with van der Waals surface area (Å²) in [5.41, 5.74) is 3.59. The van der Waals surface area contributed by atoms with Crippen molar-refractivity contribution in [2.24, 2.45) is 0 Å². The molecule has 3 amide bonds. The number of morpholine rings is 1. The molecular weight excluding hydrogens is 487 g/mol. The van der Waals surface area contributed by atoms with Crippen LogP contribution < -0.4 is 10.1 Å². The molecule has 3 aliphatic rings. The highest BCUT2D eigenvalue weighted by atomic mass is 16.5. The Labute approximate surface area is 235 Å². The molecule has 0 spiro atoms. The standard InChI is InChI=1S/C25H33B6N3O5/c26-22-25(30,31)39-23(27)24(28,29)34(22)10-13-4-6-14(7-5-13)12-38-18-3-1-2-15-16(18)11-33(21(15)37)17-8-9-19(35)32-20(17)36/h1-7,17,22-23H,8-12,26-31H2,(H,32,35,36). The average molecular weight is 520 g/mol. The molecule has 3 heterocycles. The first-order chi connectivity index (χ1) is 18.4. The van der Waals surface area contributed by atoms with E-state index in [1.807, 2.05) is 6.07 Å². The van der Waals surface area contributed by atoms with E-state index in [1.54, 1.807) is 17.0 Å². The van der Waals surface area contributed by atoms with Crippen molar-refractivity contribution in [3.05, 3.63) is 64.7 Å². The van der Waals surface area contributed by atoms with Crippen LogP contribution in [-0.2, 0) is 34.0 Å². The number of hydrogen-bond donors (Lipinski definition) is 1. The third kappa shape index (κ3) is 5.21. The second kappa shape index (κ2) is 10.3. The Morgan fingerprint density at radius 1 is 1.00 bits per heavy atom. The van der Waals surface area contributed by atoms with Crippen LogP contribution in [0.4, 0.5) is 0 Å². The molecule has 3 unspecified atom stereocenters. The number of carbonyl (C=O) groups is 3. The lowest BCUT2D eigenvalue weighted by molar-refractivity contribution is -0.136. The lowest BCUT2D eigenvalue weighted by Gasteiger charge is -2.58. The highest BCUT2D eigenvalue weighted by Crippen LogP contribution is 2.34. The van der Waals surface area contributed by atoms with Gasteiger partial charge in [0, 0.05) is 35.5 Å². The molecule has 2 aromatic carbocycles. The minimum atomic E-state index is -0.643. The summed E-state index contributed by atoms with van der Waals surface area (Å²) in [5, 5.41) is 2.02. The van der Waals surface area contributed by atoms with E-state index in [0.717, 1.165) is 17.7 Å². The maximum Gasteiger partial charge on any atom is 0.255 e. The average Bonchev–Trinajstić information content (AvgIpc) is 3.22. The van der Waals surface area contributed by atoms with Gasteiger partial charge in [-0.25, -0.2) is 0 Å². The molecule has 1 N–H and O–H groups in total. The molecule has 0 aromatic heterocycles. The second-order valence-electron chi connectivity index (χ2n) is 12.1. The van der Waals surface area contributed by atoms with E-state index in [4.69, 9.17) is 9.47 Å². The van der Waals surface area contributed by atoms with E-state index in [1.165, 1.54) is 5.56 Å². The Morgan fingerprint density at radius 2 is 1.69 bits per heavy atom. The van der Waals surface area contributed by atoms with E-state index < -0.39 is 11.9 Å². The van der Waals surface area contributed by atoms with E-state index in [-0.39, 0.29) is 47.5 Å². The van der Waals surface area contributed by atoms with Gasteiger partial charge in [-0.05, 0) is 41.0 Å². The number of imide groups is 1. The monoisotopic (exact) mass is 521 g/mol. The Balaban J connectivity index is 1.25. The first kappa shape index (κ1) is 27.7. The summed E-state index contributed by atoms with van der Waals surface area (Å²) in [6.07, 6.45) is 0.568. The van der Waals surface area contributed by atoms with Crippen LogP contribution in [0.15, 0.2) is 42.5 Å². The molecule has 2 fully saturated rings. The number of piperidine rings is 1. The van der Waals surface area contributed by atoms with Crippen molar-refractivity contribution in [3.63, 3.8) is 0 Å². The molecular formula is C25H33B6N3O5. The van der Waals surface area contributed by atoms with Crippen LogP contribution in [0.25, 0.3) is 0 Å². The van der Waals surface area contributed by atoms with Crippen molar-refractivity contribution < 1.29 is 23.9 Å². The van der Waals surface area contributed by atoms with Crippen molar-refractivity contribution in [1.82, 2.24) is 15.1 Å². The van der Waals surface area contributed by atoms with Crippen LogP contribution in [-0.4, -0.2) is 103 Å². The third-order valence-electron chi connectivity index (χ3n) is 9.00. The number of benzene rings is 2. The summed E-state index contributed by atoms with van der Waals surface area (Å²) in [5.74, 6) is -0.0129. The molecule has 2 aromatic rings. The SMILES string of the molecule is BC1N(Cc2ccc(COc3cccc4c3CN(C3CCC(=O)NC3=O)C4=O)cc2)C(B)(B)C(B)OC1(B)B. The fourth-order valence-corrected chi connectivity index (χ4v) is 5.94. The number of carbonyl (C=O) groups excluding carboxylic acids is 3. The molecule has 0 aliphatic carbocycles. The maximum atomic E-state index is 13.1. The van der Waals surface area contributed by atoms with Gasteiger partial charge in [-0.1, -0.05) is 30.3 Å². The highest BCUT2D eigenvalue weighted by Gasteiger charge is 2.47. The number of nitrogens with one attached hydrogen (secondary N) is 1. The molecule has 39 heavy (non-hydrogen) atoms. The molecule has 2 saturated heterocycles. The summed E-state index contributed by atoms with van der Waals surface area (Å²) >= 11 is 0. The number of amides is 3. The van der Waals surface area contributed by atoms with E-state index in [0.29, 0.717) is 24.3 Å². The lowest BCUT2D eigenvalue weighted by Crippen LogP contribution is -2.74. The zero-order valence-corrected chi connectivity index (χ0v) is 23.7. The van der Waals surface area contributed by atoms with Crippen molar-refractivity contribution in [2.45, 2.75) is 61.3 Å². The van der Waals surface area contributed by atoms with Gasteiger partial charge in [0.05, 0.1) is 6.54 Å². The molecule has 3 aliphatic heterocycles. The van der Waals surface area contributed by atoms with Crippen molar-refractivity contribution in [1.29, 1.82) is 0 Å². The molecule has 0 radical (unpaired) electrons. The normalized spacial score (nSPS) is 26.2. The molecule has 0 saturated carbocycles. The largest absolute Gasteiger partial charge is 0.489 e. The Hall–Kier alpha value is -2.84. The van der Waals surface area contributed by atoms with Gasteiger partial charge in [0.1, 0.15) is 65.5 Å². The zero-order valence-electron chi connectivity index (χ0n) is 23.7. The minimum absolute atomic E-state index is 0.0937. The van der Waals surface area contributed by atoms with Crippen LogP contribution in [0.2, 0.25) is 0 Å². The summed E-state index contributed by atoms with van der Waals surface area (Å²) in [7, 11) is 13.2. The number of ether oxygens (including phenoxy) is 2. The summed E-state index contributed by atoms with van der Waals surface area (Å²) in [4.78, 5) is 41.1. The summed E-state index contributed by atoms with van der Waals surface area (Å²) < 4.78 is 12.5. The van der Waals surface area contributed by atoms with Crippen LogP contribution in [0.3, 0.4) is 0 Å². The number of fused-ring (bicyclic) bond motifs is 1. The van der Waals surface area contributed by atoms with E-state index >= 15 is 0 Å². The summed E-state index contributed by atoms with van der Waals surface area (Å²) in [6, 6.07) is 13.4. The second-order valence-corrected chi connectivity index (χ2v) is 12.1. The molecule has 5 rings (SSSR count). The number of nitrogens with zero attached hydrogens (tertiary/aromatic N) is 2. The predicted molar refractivity (Wildman–Crippen MR) is 164 cm³/mol. The minimum Gasteiger partial charge on any atom is -0.489 e. The van der Waals surface area contributed by atoms with E-state index in [9.17, 15) is 14.4 Å². The fraction of sp³-hybridized carbons (Fsp3) is 0.400. The molecule has 0 bridgehead atoms. The van der Waals surface area contributed by atoms with Gasteiger partial charge < -0.3 is 19.3 Å². The van der Waals surface area contributed by atoms with Gasteiger partial charge in [0.2, 0.25) is 11.8 Å². The van der Waals surface area contributed by atoms with Gasteiger partial charge in [-0.3, -0.25) is 19.7 Å². The van der Waals surface area contributed by atoms with E-state index in [2.05, 4.69) is 81.6 Å². The van der Waals surface area contributed by atoms with Crippen LogP contribution in [0.5, 0.6) is 5.75 Å². The van der Waals surface area contributed by atoms with Gasteiger partial charge in [-0.15, -0.1) is 0 Å². The molecule has 196 valence electrons. The first-order valence-electron chi connectivity index (χ1n) is 13.8. The van der Waals surface area contributed by atoms with Gasteiger partial charge >= 0.3 is 0 Å². The molecule has 8 nitrogen and oxygen atoms in total. The number of hydrogen-bond acceptors (Lipinski definition) is 6. The van der Waals surface area contributed by atoms with Crippen molar-refractivity contribution in [3.8, 4) is 5.75 Å². The van der Waals surface area contributed by atoms with Crippen LogP contribution >= 0.6 is 0 Å². The topological polar surface area (TPSA) is 88.2 Å². The summed E-state index contributed by atoms with van der Waals surface area (Å²) in [6.45, 7) is 1.49. The van der Waals surface area contributed by atoms with Gasteiger partial charge in [0.15, 0.2) is 0 Å². The highest BCUT2D eigenvalue weighted by molar-refractivity contribution is 6.47. The lowest BCUT2D eigenvalue weighted by atomic mass is 9.45. The first-order valence-corrected chi connectivity index (χ1v) is 13.8.